The maximum atomic E-state index is 11.5. The van der Waals surface area contributed by atoms with Crippen LogP contribution in [0.4, 0.5) is 5.69 Å². The van der Waals surface area contributed by atoms with Crippen molar-refractivity contribution >= 4 is 22.5 Å². The van der Waals surface area contributed by atoms with Crippen LogP contribution in [0.25, 0.3) is 10.9 Å². The average Bonchev–Trinajstić information content (AvgIpc) is 2.28. The Hall–Kier alpha value is -2.37. The molecule has 0 fully saturated rings. The van der Waals surface area contributed by atoms with Gasteiger partial charge in [-0.1, -0.05) is 0 Å². The summed E-state index contributed by atoms with van der Waals surface area (Å²) in [5.74, 6) is 0.303. The van der Waals surface area contributed by atoms with Gasteiger partial charge in [0.05, 0.1) is 22.9 Å². The fraction of sp³-hybridized carbons (Fsp3) is 0.100. The van der Waals surface area contributed by atoms with E-state index in [1.165, 1.54) is 6.33 Å². The Bertz CT molecular complexity index is 647. The van der Waals surface area contributed by atoms with Gasteiger partial charge in [0, 0.05) is 6.07 Å². The zero-order valence-corrected chi connectivity index (χ0v) is 8.11. The van der Waals surface area contributed by atoms with Crippen LogP contribution < -0.4 is 15.6 Å². The fourth-order valence-corrected chi connectivity index (χ4v) is 1.64. The molecule has 0 bridgehead atoms. The van der Waals surface area contributed by atoms with Gasteiger partial charge in [-0.05, 0) is 6.07 Å². The molecule has 3 rings (SSSR count). The lowest BCUT2D eigenvalue weighted by molar-refractivity contribution is -0.118. The number of ether oxygens (including phenoxy) is 1. The topological polar surface area (TPSA) is 84.1 Å². The van der Waals surface area contributed by atoms with Crippen LogP contribution in [0, 0.1) is 0 Å². The smallest absolute Gasteiger partial charge is 0.262 e. The number of aromatic amines is 1. The van der Waals surface area contributed by atoms with E-state index in [-0.39, 0.29) is 18.1 Å². The summed E-state index contributed by atoms with van der Waals surface area (Å²) in [5, 5.41) is 3.06. The molecule has 80 valence electrons. The van der Waals surface area contributed by atoms with Crippen molar-refractivity contribution < 1.29 is 9.53 Å². The SMILES string of the molecule is O=C1COc2cc3nc[nH]c(=O)c3cc2N1. The predicted molar refractivity (Wildman–Crippen MR) is 56.5 cm³/mol. The summed E-state index contributed by atoms with van der Waals surface area (Å²) in [6, 6.07) is 3.20. The number of carbonyl (C=O) groups excluding carboxylic acids is 1. The van der Waals surface area contributed by atoms with Gasteiger partial charge < -0.3 is 15.0 Å². The van der Waals surface area contributed by atoms with Crippen molar-refractivity contribution in [2.45, 2.75) is 0 Å². The molecule has 1 amide bonds. The van der Waals surface area contributed by atoms with Gasteiger partial charge in [-0.3, -0.25) is 9.59 Å². The number of amides is 1. The summed E-state index contributed by atoms with van der Waals surface area (Å²) >= 11 is 0. The number of nitrogens with zero attached hydrogens (tertiary/aromatic N) is 1. The van der Waals surface area contributed by atoms with E-state index in [0.717, 1.165) is 0 Å². The van der Waals surface area contributed by atoms with Crippen LogP contribution in [0.5, 0.6) is 5.75 Å². The molecular formula is C10H7N3O3. The van der Waals surface area contributed by atoms with Crippen LogP contribution in [-0.2, 0) is 4.79 Å². The predicted octanol–water partition coefficient (Wildman–Crippen LogP) is 0.254. The molecule has 0 saturated heterocycles. The Balaban J connectivity index is 2.32. The number of fused-ring (bicyclic) bond motifs is 2. The average molecular weight is 217 g/mol. The zero-order valence-electron chi connectivity index (χ0n) is 8.11. The monoisotopic (exact) mass is 217 g/mol. The molecule has 2 heterocycles. The highest BCUT2D eigenvalue weighted by Crippen LogP contribution is 2.30. The Morgan fingerprint density at radius 2 is 2.19 bits per heavy atom. The molecule has 16 heavy (non-hydrogen) atoms. The first-order valence-corrected chi connectivity index (χ1v) is 4.68. The van der Waals surface area contributed by atoms with E-state index in [9.17, 15) is 9.59 Å². The molecular weight excluding hydrogens is 210 g/mol. The molecule has 2 N–H and O–H groups in total. The van der Waals surface area contributed by atoms with Crippen LogP contribution >= 0.6 is 0 Å². The third-order valence-corrected chi connectivity index (χ3v) is 2.37. The largest absolute Gasteiger partial charge is 0.482 e. The molecule has 1 aliphatic rings. The van der Waals surface area contributed by atoms with Crippen molar-refractivity contribution in [1.29, 1.82) is 0 Å². The van der Waals surface area contributed by atoms with E-state index < -0.39 is 0 Å². The number of nitrogens with one attached hydrogen (secondary N) is 2. The number of hydrogen-bond acceptors (Lipinski definition) is 4. The fourth-order valence-electron chi connectivity index (χ4n) is 1.64. The molecule has 0 aliphatic carbocycles. The number of hydrogen-bond donors (Lipinski definition) is 2. The van der Waals surface area contributed by atoms with Gasteiger partial charge >= 0.3 is 0 Å². The van der Waals surface area contributed by atoms with Gasteiger partial charge in [0.2, 0.25) is 0 Å². The highest BCUT2D eigenvalue weighted by molar-refractivity contribution is 5.98. The Morgan fingerprint density at radius 3 is 3.06 bits per heavy atom. The summed E-state index contributed by atoms with van der Waals surface area (Å²) in [6.07, 6.45) is 1.33. The number of carbonyl (C=O) groups is 1. The van der Waals surface area contributed by atoms with Crippen LogP contribution in [0.3, 0.4) is 0 Å². The van der Waals surface area contributed by atoms with E-state index in [1.54, 1.807) is 12.1 Å². The first-order valence-electron chi connectivity index (χ1n) is 4.68. The van der Waals surface area contributed by atoms with Gasteiger partial charge in [-0.2, -0.15) is 0 Å². The van der Waals surface area contributed by atoms with Crippen molar-refractivity contribution in [3.8, 4) is 5.75 Å². The van der Waals surface area contributed by atoms with Crippen LogP contribution in [0.1, 0.15) is 0 Å². The number of H-pyrrole nitrogens is 1. The van der Waals surface area contributed by atoms with Gasteiger partial charge in [0.1, 0.15) is 5.75 Å². The lowest BCUT2D eigenvalue weighted by Crippen LogP contribution is -2.25. The summed E-state index contributed by atoms with van der Waals surface area (Å²) in [5.41, 5.74) is 0.800. The maximum Gasteiger partial charge on any atom is 0.262 e. The van der Waals surface area contributed by atoms with Gasteiger partial charge in [-0.15, -0.1) is 0 Å². The van der Waals surface area contributed by atoms with Gasteiger partial charge in [0.15, 0.2) is 6.61 Å². The van der Waals surface area contributed by atoms with Crippen molar-refractivity contribution in [3.05, 3.63) is 28.8 Å². The maximum absolute atomic E-state index is 11.5. The first-order chi connectivity index (χ1) is 7.74. The van der Waals surface area contributed by atoms with Crippen molar-refractivity contribution in [2.24, 2.45) is 0 Å². The molecule has 0 spiro atoms. The Labute approximate surface area is 89.3 Å². The zero-order chi connectivity index (χ0) is 11.1. The highest BCUT2D eigenvalue weighted by atomic mass is 16.5. The Kier molecular flexibility index (Phi) is 1.70. The third kappa shape index (κ3) is 1.23. The number of benzene rings is 1. The van der Waals surface area contributed by atoms with Crippen molar-refractivity contribution in [3.63, 3.8) is 0 Å². The molecule has 0 unspecified atom stereocenters. The molecule has 2 aromatic rings. The van der Waals surface area contributed by atoms with Gasteiger partial charge in [-0.25, -0.2) is 4.98 Å². The second-order valence-electron chi connectivity index (χ2n) is 3.43. The molecule has 1 aromatic carbocycles. The van der Waals surface area contributed by atoms with Crippen LogP contribution in [-0.4, -0.2) is 22.5 Å². The number of anilines is 1. The lowest BCUT2D eigenvalue weighted by atomic mass is 10.2. The third-order valence-electron chi connectivity index (χ3n) is 2.37. The molecule has 1 aliphatic heterocycles. The summed E-state index contributed by atoms with van der Waals surface area (Å²) in [7, 11) is 0. The quantitative estimate of drug-likeness (QED) is 0.662. The molecule has 1 aromatic heterocycles. The minimum atomic E-state index is -0.243. The second-order valence-corrected chi connectivity index (χ2v) is 3.43. The highest BCUT2D eigenvalue weighted by Gasteiger charge is 2.17. The van der Waals surface area contributed by atoms with Crippen LogP contribution in [0.2, 0.25) is 0 Å². The van der Waals surface area contributed by atoms with E-state index in [4.69, 9.17) is 4.74 Å². The van der Waals surface area contributed by atoms with Crippen LogP contribution in [0.15, 0.2) is 23.3 Å². The van der Waals surface area contributed by atoms with Crippen molar-refractivity contribution in [2.75, 3.05) is 11.9 Å². The minimum absolute atomic E-state index is 0.0122. The Morgan fingerprint density at radius 1 is 1.31 bits per heavy atom. The van der Waals surface area contributed by atoms with Crippen molar-refractivity contribution in [1.82, 2.24) is 9.97 Å². The lowest BCUT2D eigenvalue weighted by Gasteiger charge is -2.17. The molecule has 0 saturated carbocycles. The summed E-state index contributed by atoms with van der Waals surface area (Å²) in [6.45, 7) is -0.0122. The molecule has 0 radical (unpaired) electrons. The van der Waals surface area contributed by atoms with E-state index in [2.05, 4.69) is 15.3 Å². The van der Waals surface area contributed by atoms with E-state index in [1.807, 2.05) is 0 Å². The normalized spacial score (nSPS) is 14.1. The molecule has 6 heteroatoms. The standard InChI is InChI=1S/C10H7N3O3/c14-9-3-16-8-2-6-5(1-7(8)13-9)10(15)12-4-11-6/h1-2,4H,3H2,(H,13,14)(H,11,12,15). The first kappa shape index (κ1) is 8.90. The number of rotatable bonds is 0. The minimum Gasteiger partial charge on any atom is -0.482 e. The van der Waals surface area contributed by atoms with E-state index >= 15 is 0 Å². The van der Waals surface area contributed by atoms with E-state index in [0.29, 0.717) is 22.3 Å². The number of aromatic nitrogens is 2. The molecule has 6 nitrogen and oxygen atoms in total. The van der Waals surface area contributed by atoms with Gasteiger partial charge in [0.25, 0.3) is 11.5 Å². The summed E-state index contributed by atoms with van der Waals surface area (Å²) < 4.78 is 5.22. The molecule has 0 atom stereocenters. The summed E-state index contributed by atoms with van der Waals surface area (Å²) in [4.78, 5) is 29.1. The second kappa shape index (κ2) is 3.06.